The molecule has 5 rings (SSSR count). The number of hydrazone groups is 1. The van der Waals surface area contributed by atoms with Crippen LogP contribution in [0.5, 0.6) is 6.01 Å². The van der Waals surface area contributed by atoms with E-state index in [2.05, 4.69) is 30.2 Å². The van der Waals surface area contributed by atoms with Crippen LogP contribution in [0, 0.1) is 11.6 Å². The van der Waals surface area contributed by atoms with E-state index in [1.807, 2.05) is 0 Å². The lowest BCUT2D eigenvalue weighted by Gasteiger charge is -2.19. The first-order valence-electron chi connectivity index (χ1n) is 9.25. The second-order valence-corrected chi connectivity index (χ2v) is 6.75. The van der Waals surface area contributed by atoms with Crippen LogP contribution >= 0.6 is 0 Å². The fraction of sp³-hybridized carbons (Fsp3) is 0.150. The number of aromatic amines is 1. The van der Waals surface area contributed by atoms with Crippen LogP contribution in [-0.4, -0.2) is 43.4 Å². The molecule has 0 fully saturated rings. The molecule has 0 atom stereocenters. The van der Waals surface area contributed by atoms with Crippen molar-refractivity contribution in [3.05, 3.63) is 65.4 Å². The molecule has 11 heteroatoms. The zero-order valence-electron chi connectivity index (χ0n) is 16.2. The number of ether oxygens (including phenoxy) is 1. The smallest absolute Gasteiger partial charge is 0.316 e. The van der Waals surface area contributed by atoms with Gasteiger partial charge in [-0.2, -0.15) is 5.10 Å². The highest BCUT2D eigenvalue weighted by Gasteiger charge is 2.21. The van der Waals surface area contributed by atoms with Gasteiger partial charge in [0.2, 0.25) is 0 Å². The number of nitrogens with zero attached hydrogens (tertiary/aromatic N) is 6. The van der Waals surface area contributed by atoms with E-state index in [1.54, 1.807) is 29.7 Å². The number of halogens is 2. The number of hydrogen-bond donors (Lipinski definition) is 1. The Morgan fingerprint density at radius 1 is 1.23 bits per heavy atom. The van der Waals surface area contributed by atoms with Crippen molar-refractivity contribution in [3.63, 3.8) is 0 Å². The zero-order valence-corrected chi connectivity index (χ0v) is 16.2. The first kappa shape index (κ1) is 18.9. The third-order valence-corrected chi connectivity index (χ3v) is 4.71. The van der Waals surface area contributed by atoms with Gasteiger partial charge in [-0.3, -0.25) is 5.01 Å². The van der Waals surface area contributed by atoms with Gasteiger partial charge < -0.3 is 14.2 Å². The molecule has 156 valence electrons. The second-order valence-electron chi connectivity index (χ2n) is 6.75. The van der Waals surface area contributed by atoms with Gasteiger partial charge in [-0.25, -0.2) is 23.7 Å². The lowest BCUT2D eigenvalue weighted by atomic mass is 10.2. The molecule has 0 saturated heterocycles. The molecule has 1 aliphatic rings. The Balaban J connectivity index is 1.31. The van der Waals surface area contributed by atoms with Crippen molar-refractivity contribution in [3.8, 4) is 28.7 Å². The summed E-state index contributed by atoms with van der Waals surface area (Å²) in [5.74, 6) is -1.04. The monoisotopic (exact) mass is 423 g/mol. The molecule has 0 amide bonds. The predicted octanol–water partition coefficient (Wildman–Crippen LogP) is 3.16. The van der Waals surface area contributed by atoms with E-state index in [-0.39, 0.29) is 17.4 Å². The molecule has 0 radical (unpaired) electrons. The molecular weight excluding hydrogens is 408 g/mol. The van der Waals surface area contributed by atoms with Crippen molar-refractivity contribution in [2.45, 2.75) is 13.1 Å². The third-order valence-electron chi connectivity index (χ3n) is 4.71. The Labute approximate surface area is 174 Å². The predicted molar refractivity (Wildman–Crippen MR) is 105 cm³/mol. The summed E-state index contributed by atoms with van der Waals surface area (Å²) in [4.78, 5) is 15.5. The molecule has 3 aromatic heterocycles. The number of imidazole rings is 1. The summed E-state index contributed by atoms with van der Waals surface area (Å²) < 4.78 is 38.0. The summed E-state index contributed by atoms with van der Waals surface area (Å²) in [6, 6.07) is 6.01. The minimum absolute atomic E-state index is 0.0657. The van der Waals surface area contributed by atoms with Gasteiger partial charge in [0.1, 0.15) is 17.2 Å². The molecule has 1 aliphatic heterocycles. The second kappa shape index (κ2) is 7.59. The molecule has 0 unspecified atom stereocenters. The van der Waals surface area contributed by atoms with Crippen LogP contribution in [0.4, 0.5) is 8.78 Å². The normalized spacial score (nSPS) is 12.8. The zero-order chi connectivity index (χ0) is 21.4. The van der Waals surface area contributed by atoms with Crippen LogP contribution in [0.2, 0.25) is 0 Å². The Morgan fingerprint density at radius 3 is 2.87 bits per heavy atom. The molecule has 4 aromatic rings. The van der Waals surface area contributed by atoms with E-state index in [0.717, 1.165) is 11.8 Å². The number of hydrogen-bond acceptors (Lipinski definition) is 8. The van der Waals surface area contributed by atoms with Crippen molar-refractivity contribution in [1.29, 1.82) is 0 Å². The van der Waals surface area contributed by atoms with E-state index >= 15 is 0 Å². The fourth-order valence-electron chi connectivity index (χ4n) is 3.18. The van der Waals surface area contributed by atoms with Crippen LogP contribution in [0.3, 0.4) is 0 Å². The summed E-state index contributed by atoms with van der Waals surface area (Å²) >= 11 is 0. The lowest BCUT2D eigenvalue weighted by Crippen LogP contribution is -2.21. The number of aromatic nitrogens is 5. The van der Waals surface area contributed by atoms with Gasteiger partial charge in [0.15, 0.2) is 17.4 Å². The lowest BCUT2D eigenvalue weighted by molar-refractivity contribution is 0.229. The van der Waals surface area contributed by atoms with E-state index in [1.165, 1.54) is 19.2 Å². The van der Waals surface area contributed by atoms with Crippen LogP contribution in [0.25, 0.3) is 22.6 Å². The van der Waals surface area contributed by atoms with E-state index < -0.39 is 11.6 Å². The molecule has 0 saturated carbocycles. The maximum absolute atomic E-state index is 14.1. The van der Waals surface area contributed by atoms with Crippen LogP contribution in [0.1, 0.15) is 17.1 Å². The number of H-pyrrole nitrogens is 1. The Kier molecular flexibility index (Phi) is 4.62. The molecule has 4 heterocycles. The minimum Gasteiger partial charge on any atom is -0.467 e. The average molecular weight is 423 g/mol. The first-order chi connectivity index (χ1) is 15.1. The molecule has 31 heavy (non-hydrogen) atoms. The quantitative estimate of drug-likeness (QED) is 0.526. The highest BCUT2D eigenvalue weighted by molar-refractivity contribution is 5.80. The molecule has 1 N–H and O–H groups in total. The topological polar surface area (TPSA) is 105 Å². The van der Waals surface area contributed by atoms with Crippen molar-refractivity contribution in [2.24, 2.45) is 5.10 Å². The Hall–Kier alpha value is -4.15. The van der Waals surface area contributed by atoms with Crippen molar-refractivity contribution in [2.75, 3.05) is 7.11 Å². The number of rotatable bonds is 5. The first-order valence-corrected chi connectivity index (χ1v) is 9.25. The number of methoxy groups -OCH3 is 1. The van der Waals surface area contributed by atoms with Gasteiger partial charge in [0.25, 0.3) is 0 Å². The van der Waals surface area contributed by atoms with Crippen LogP contribution in [0.15, 0.2) is 46.3 Å². The highest BCUT2D eigenvalue weighted by atomic mass is 19.2. The van der Waals surface area contributed by atoms with Gasteiger partial charge in [-0.1, -0.05) is 11.2 Å². The summed E-state index contributed by atoms with van der Waals surface area (Å²) in [6.07, 6.45) is 4.75. The van der Waals surface area contributed by atoms with Crippen molar-refractivity contribution < 1.29 is 18.0 Å². The summed E-state index contributed by atoms with van der Waals surface area (Å²) in [5, 5.41) is 10.1. The standard InChI is InChI=1S/C20H15F2N7O2/c1-30-20-23-6-11(7-24-20)15-5-12(31-28-15)9-29-10-17-16(8-25-29)26-19(27-17)13-3-2-4-14(21)18(13)22/h2-8H,9-10H2,1H3,(H,26,27). The van der Waals surface area contributed by atoms with Crippen molar-refractivity contribution in [1.82, 2.24) is 30.1 Å². The molecular formula is C20H15F2N7O2. The summed E-state index contributed by atoms with van der Waals surface area (Å²) in [7, 11) is 1.49. The Bertz CT molecular complexity index is 1270. The van der Waals surface area contributed by atoms with Gasteiger partial charge in [0.05, 0.1) is 37.7 Å². The summed E-state index contributed by atoms with van der Waals surface area (Å²) in [6.45, 7) is 0.736. The van der Waals surface area contributed by atoms with Crippen molar-refractivity contribution >= 4 is 6.21 Å². The van der Waals surface area contributed by atoms with E-state index in [4.69, 9.17) is 9.26 Å². The third kappa shape index (κ3) is 3.61. The van der Waals surface area contributed by atoms with Gasteiger partial charge in [-0.05, 0) is 12.1 Å². The molecule has 9 nitrogen and oxygen atoms in total. The molecule has 0 aliphatic carbocycles. The minimum atomic E-state index is -0.945. The Morgan fingerprint density at radius 2 is 2.06 bits per heavy atom. The molecule has 0 bridgehead atoms. The highest BCUT2D eigenvalue weighted by Crippen LogP contribution is 2.26. The molecule has 1 aromatic carbocycles. The molecule has 0 spiro atoms. The van der Waals surface area contributed by atoms with Gasteiger partial charge in [0, 0.05) is 24.0 Å². The average Bonchev–Trinajstić information content (AvgIpc) is 3.42. The maximum atomic E-state index is 14.1. The maximum Gasteiger partial charge on any atom is 0.316 e. The number of benzene rings is 1. The van der Waals surface area contributed by atoms with E-state index in [9.17, 15) is 8.78 Å². The fourth-order valence-corrected chi connectivity index (χ4v) is 3.18. The van der Waals surface area contributed by atoms with Gasteiger partial charge in [-0.15, -0.1) is 0 Å². The SMILES string of the molecule is COc1ncc(-c2cc(CN3Cc4[nH]c(-c5cccc(F)c5F)nc4C=N3)on2)cn1. The van der Waals surface area contributed by atoms with Gasteiger partial charge >= 0.3 is 6.01 Å². The number of fused-ring (bicyclic) bond motifs is 1. The summed E-state index contributed by atoms with van der Waals surface area (Å²) in [5.41, 5.74) is 2.65. The largest absolute Gasteiger partial charge is 0.467 e. The van der Waals surface area contributed by atoms with E-state index in [0.29, 0.717) is 35.8 Å². The number of nitrogens with one attached hydrogen (secondary N) is 1. The van der Waals surface area contributed by atoms with Crippen LogP contribution < -0.4 is 4.74 Å². The van der Waals surface area contributed by atoms with Crippen LogP contribution in [-0.2, 0) is 13.1 Å².